The number of sulfonamides is 1. The van der Waals surface area contributed by atoms with E-state index in [0.29, 0.717) is 12.2 Å². The molecule has 0 aliphatic heterocycles. The maximum absolute atomic E-state index is 12.1. The second-order valence-corrected chi connectivity index (χ2v) is 5.84. The number of nitro benzene ring substituents is 1. The van der Waals surface area contributed by atoms with Gasteiger partial charge in [-0.05, 0) is 18.6 Å². The monoisotopic (exact) mass is 323 g/mol. The van der Waals surface area contributed by atoms with Gasteiger partial charge in [0, 0.05) is 18.3 Å². The molecule has 0 saturated carbocycles. The summed E-state index contributed by atoms with van der Waals surface area (Å²) in [4.78, 5) is 9.36. The molecule has 0 saturated heterocycles. The Kier molecular flexibility index (Phi) is 5.97. The summed E-state index contributed by atoms with van der Waals surface area (Å²) >= 11 is 0. The highest BCUT2D eigenvalue weighted by molar-refractivity contribution is 7.89. The summed E-state index contributed by atoms with van der Waals surface area (Å²) in [6.07, 6.45) is -2.12. The molecule has 0 heterocycles. The lowest BCUT2D eigenvalue weighted by Gasteiger charge is -2.10. The topological polar surface area (TPSA) is 101 Å². The quantitative estimate of drug-likeness (QED) is 0.562. The van der Waals surface area contributed by atoms with Crippen LogP contribution in [-0.4, -0.2) is 32.9 Å². The highest BCUT2D eigenvalue weighted by Gasteiger charge is 2.26. The van der Waals surface area contributed by atoms with E-state index >= 15 is 0 Å². The van der Waals surface area contributed by atoms with E-state index in [1.54, 1.807) is 4.72 Å². The zero-order chi connectivity index (χ0) is 16.0. The van der Waals surface area contributed by atoms with Crippen molar-refractivity contribution in [2.24, 2.45) is 0 Å². The van der Waals surface area contributed by atoms with E-state index in [1.807, 2.05) is 6.92 Å². The van der Waals surface area contributed by atoms with Crippen LogP contribution in [0.25, 0.3) is 0 Å². The Morgan fingerprint density at radius 2 is 2.05 bits per heavy atom. The van der Waals surface area contributed by atoms with Crippen LogP contribution >= 0.6 is 0 Å². The summed E-state index contributed by atoms with van der Waals surface area (Å²) in [6.45, 7) is 1.33. The zero-order valence-electron chi connectivity index (χ0n) is 11.2. The van der Waals surface area contributed by atoms with E-state index in [1.165, 1.54) is 6.07 Å². The average molecular weight is 323 g/mol. The van der Waals surface area contributed by atoms with Gasteiger partial charge in [-0.25, -0.2) is 21.9 Å². The second kappa shape index (κ2) is 7.27. The minimum absolute atomic E-state index is 0.361. The van der Waals surface area contributed by atoms with Crippen LogP contribution < -0.4 is 10.0 Å². The molecule has 0 unspecified atom stereocenters. The molecule has 10 heteroatoms. The van der Waals surface area contributed by atoms with Crippen molar-refractivity contribution in [3.63, 3.8) is 0 Å². The molecule has 7 nitrogen and oxygen atoms in total. The largest absolute Gasteiger partial charge is 0.385 e. The molecule has 0 aliphatic carbocycles. The first-order chi connectivity index (χ1) is 9.77. The van der Waals surface area contributed by atoms with E-state index < -0.39 is 38.5 Å². The third-order valence-electron chi connectivity index (χ3n) is 2.45. The summed E-state index contributed by atoms with van der Waals surface area (Å²) in [6, 6.07) is 3.44. The SMILES string of the molecule is CCCNc1ccc([N+](=O)[O-])c(S(=O)(=O)NCC(F)F)c1. The van der Waals surface area contributed by atoms with Gasteiger partial charge in [0.05, 0.1) is 11.5 Å². The smallest absolute Gasteiger partial charge is 0.289 e. The third kappa shape index (κ3) is 4.90. The molecule has 0 amide bonds. The summed E-state index contributed by atoms with van der Waals surface area (Å²) in [7, 11) is -4.39. The number of benzene rings is 1. The molecule has 1 rings (SSSR count). The van der Waals surface area contributed by atoms with Gasteiger partial charge in [0.1, 0.15) is 0 Å². The van der Waals surface area contributed by atoms with Gasteiger partial charge >= 0.3 is 0 Å². The molecule has 2 N–H and O–H groups in total. The zero-order valence-corrected chi connectivity index (χ0v) is 12.0. The normalized spacial score (nSPS) is 11.6. The van der Waals surface area contributed by atoms with E-state index in [9.17, 15) is 27.3 Å². The van der Waals surface area contributed by atoms with Crippen molar-refractivity contribution in [2.75, 3.05) is 18.4 Å². The van der Waals surface area contributed by atoms with Gasteiger partial charge < -0.3 is 5.32 Å². The molecule has 0 fully saturated rings. The minimum atomic E-state index is -4.39. The van der Waals surface area contributed by atoms with Crippen LogP contribution in [0.4, 0.5) is 20.2 Å². The molecule has 0 aromatic heterocycles. The standard InChI is InChI=1S/C11H15F2N3O4S/c1-2-5-14-8-3-4-9(16(17)18)10(6-8)21(19,20)15-7-11(12)13/h3-4,6,11,14-15H,2,5,7H2,1H3. The van der Waals surface area contributed by atoms with E-state index in [2.05, 4.69) is 5.32 Å². The lowest BCUT2D eigenvalue weighted by Crippen LogP contribution is -2.29. The summed E-state index contributed by atoms with van der Waals surface area (Å²) < 4.78 is 49.7. The van der Waals surface area contributed by atoms with E-state index in [4.69, 9.17) is 0 Å². The minimum Gasteiger partial charge on any atom is -0.385 e. The van der Waals surface area contributed by atoms with Crippen LogP contribution in [0.15, 0.2) is 23.1 Å². The van der Waals surface area contributed by atoms with Crippen molar-refractivity contribution in [3.05, 3.63) is 28.3 Å². The Bertz CT molecular complexity index is 607. The van der Waals surface area contributed by atoms with Gasteiger partial charge in [-0.15, -0.1) is 0 Å². The molecular weight excluding hydrogens is 308 g/mol. The van der Waals surface area contributed by atoms with Crippen LogP contribution in [0.1, 0.15) is 13.3 Å². The van der Waals surface area contributed by atoms with Gasteiger partial charge in [-0.2, -0.15) is 0 Å². The van der Waals surface area contributed by atoms with Crippen molar-refractivity contribution in [1.82, 2.24) is 4.72 Å². The summed E-state index contributed by atoms with van der Waals surface area (Å²) in [5.74, 6) is 0. The second-order valence-electron chi connectivity index (χ2n) is 4.11. The maximum atomic E-state index is 12.1. The van der Waals surface area contributed by atoms with Crippen LogP contribution in [0, 0.1) is 10.1 Å². The molecule has 0 spiro atoms. The highest BCUT2D eigenvalue weighted by Crippen LogP contribution is 2.27. The van der Waals surface area contributed by atoms with Crippen LogP contribution in [-0.2, 0) is 10.0 Å². The summed E-state index contributed by atoms with van der Waals surface area (Å²) in [5, 5.41) is 13.8. The Morgan fingerprint density at radius 1 is 1.38 bits per heavy atom. The number of anilines is 1. The Morgan fingerprint density at radius 3 is 2.57 bits per heavy atom. The first-order valence-electron chi connectivity index (χ1n) is 6.08. The number of hydrogen-bond donors (Lipinski definition) is 2. The molecule has 0 bridgehead atoms. The van der Waals surface area contributed by atoms with Crippen molar-refractivity contribution in [1.29, 1.82) is 0 Å². The maximum Gasteiger partial charge on any atom is 0.289 e. The number of halogens is 2. The third-order valence-corrected chi connectivity index (χ3v) is 3.91. The molecule has 21 heavy (non-hydrogen) atoms. The summed E-state index contributed by atoms with van der Waals surface area (Å²) in [5.41, 5.74) is -0.307. The van der Waals surface area contributed by atoms with Crippen molar-refractivity contribution < 1.29 is 22.1 Å². The molecule has 1 aromatic rings. The molecule has 118 valence electrons. The van der Waals surface area contributed by atoms with Crippen molar-refractivity contribution in [3.8, 4) is 0 Å². The van der Waals surface area contributed by atoms with E-state index in [-0.39, 0.29) is 0 Å². The number of nitrogens with zero attached hydrogens (tertiary/aromatic N) is 1. The lowest BCUT2D eigenvalue weighted by atomic mass is 10.3. The van der Waals surface area contributed by atoms with Crippen LogP contribution in [0.2, 0.25) is 0 Å². The van der Waals surface area contributed by atoms with Crippen molar-refractivity contribution in [2.45, 2.75) is 24.7 Å². The highest BCUT2D eigenvalue weighted by atomic mass is 32.2. The fourth-order valence-corrected chi connectivity index (χ4v) is 2.71. The van der Waals surface area contributed by atoms with Gasteiger partial charge in [-0.1, -0.05) is 6.92 Å². The first-order valence-corrected chi connectivity index (χ1v) is 7.56. The lowest BCUT2D eigenvalue weighted by molar-refractivity contribution is -0.387. The predicted molar refractivity (Wildman–Crippen MR) is 73.1 cm³/mol. The molecular formula is C11H15F2N3O4S. The number of nitrogens with one attached hydrogen (secondary N) is 2. The molecule has 0 radical (unpaired) electrons. The van der Waals surface area contributed by atoms with Crippen LogP contribution in [0.3, 0.4) is 0 Å². The van der Waals surface area contributed by atoms with E-state index in [0.717, 1.165) is 18.6 Å². The van der Waals surface area contributed by atoms with Gasteiger partial charge in [0.25, 0.3) is 12.1 Å². The van der Waals surface area contributed by atoms with Crippen molar-refractivity contribution >= 4 is 21.4 Å². The average Bonchev–Trinajstić information content (AvgIpc) is 2.42. The number of alkyl halides is 2. The van der Waals surface area contributed by atoms with Gasteiger partial charge in [-0.3, -0.25) is 10.1 Å². The molecule has 0 atom stereocenters. The number of rotatable bonds is 8. The Balaban J connectivity index is 3.19. The Labute approximate surface area is 120 Å². The first kappa shape index (κ1) is 17.2. The number of hydrogen-bond acceptors (Lipinski definition) is 5. The fourth-order valence-electron chi connectivity index (χ4n) is 1.51. The van der Waals surface area contributed by atoms with Crippen LogP contribution in [0.5, 0.6) is 0 Å². The van der Waals surface area contributed by atoms with Gasteiger partial charge in [0.15, 0.2) is 4.90 Å². The Hall–Kier alpha value is -1.81. The molecule has 0 aliphatic rings. The fraction of sp³-hybridized carbons (Fsp3) is 0.455. The predicted octanol–water partition coefficient (Wildman–Crippen LogP) is 1.96. The molecule has 1 aromatic carbocycles. The number of nitro groups is 1. The van der Waals surface area contributed by atoms with Gasteiger partial charge in [0.2, 0.25) is 10.0 Å².